The molecule has 5 heteroatoms. The summed E-state index contributed by atoms with van der Waals surface area (Å²) in [5, 5.41) is 3.36. The van der Waals surface area contributed by atoms with Gasteiger partial charge < -0.3 is 10.1 Å². The van der Waals surface area contributed by atoms with E-state index in [1.54, 1.807) is 72.8 Å². The molecule has 0 radical (unpaired) electrons. The topological polar surface area (TPSA) is 55.4 Å². The fourth-order valence-electron chi connectivity index (χ4n) is 2.32. The normalized spacial score (nSPS) is 10.2. The molecular formula is C21H16ClNO3. The summed E-state index contributed by atoms with van der Waals surface area (Å²) in [6, 6.07) is 22.5. The molecule has 0 aliphatic carbocycles. The minimum Gasteiger partial charge on any atom is -0.485 e. The van der Waals surface area contributed by atoms with Crippen LogP contribution < -0.4 is 10.1 Å². The maximum Gasteiger partial charge on any atom is 0.255 e. The third-order valence-corrected chi connectivity index (χ3v) is 3.92. The molecule has 130 valence electrons. The minimum atomic E-state index is -0.251. The third-order valence-electron chi connectivity index (χ3n) is 3.66. The first-order valence-corrected chi connectivity index (χ1v) is 8.37. The van der Waals surface area contributed by atoms with Crippen molar-refractivity contribution >= 4 is 29.0 Å². The summed E-state index contributed by atoms with van der Waals surface area (Å²) in [7, 11) is 0. The van der Waals surface area contributed by atoms with E-state index in [4.69, 9.17) is 16.3 Å². The molecule has 0 bridgehead atoms. The van der Waals surface area contributed by atoms with Gasteiger partial charge in [-0.3, -0.25) is 9.59 Å². The molecule has 0 aliphatic rings. The number of amides is 1. The summed E-state index contributed by atoms with van der Waals surface area (Å²) in [5.74, 6) is 0.142. The number of rotatable bonds is 6. The van der Waals surface area contributed by atoms with Crippen LogP contribution in [-0.2, 0) is 0 Å². The molecule has 0 saturated heterocycles. The van der Waals surface area contributed by atoms with Crippen molar-refractivity contribution in [3.05, 3.63) is 95.0 Å². The molecule has 1 N–H and O–H groups in total. The summed E-state index contributed by atoms with van der Waals surface area (Å²) >= 11 is 5.83. The van der Waals surface area contributed by atoms with E-state index in [-0.39, 0.29) is 18.3 Å². The van der Waals surface area contributed by atoms with Gasteiger partial charge in [-0.25, -0.2) is 0 Å². The minimum absolute atomic E-state index is 0.0708. The van der Waals surface area contributed by atoms with E-state index in [1.165, 1.54) is 0 Å². The SMILES string of the molecule is O=C(COc1cccc(NC(=O)c2ccc(Cl)cc2)c1)c1ccccc1. The monoisotopic (exact) mass is 365 g/mol. The standard InChI is InChI=1S/C21H16ClNO3/c22-17-11-9-16(10-12-17)21(25)23-18-7-4-8-19(13-18)26-14-20(24)15-5-2-1-3-6-15/h1-13H,14H2,(H,23,25). The van der Waals surface area contributed by atoms with E-state index in [0.717, 1.165) is 0 Å². The zero-order valence-corrected chi connectivity index (χ0v) is 14.6. The fourth-order valence-corrected chi connectivity index (χ4v) is 2.45. The molecule has 0 spiro atoms. The lowest BCUT2D eigenvalue weighted by Gasteiger charge is -2.09. The summed E-state index contributed by atoms with van der Waals surface area (Å²) in [5.41, 5.74) is 1.68. The van der Waals surface area contributed by atoms with Gasteiger partial charge in [0.15, 0.2) is 12.4 Å². The Morgan fingerprint density at radius 3 is 2.31 bits per heavy atom. The van der Waals surface area contributed by atoms with Gasteiger partial charge in [-0.05, 0) is 36.4 Å². The lowest BCUT2D eigenvalue weighted by molar-refractivity contribution is 0.0920. The first-order chi connectivity index (χ1) is 12.6. The zero-order chi connectivity index (χ0) is 18.4. The molecule has 26 heavy (non-hydrogen) atoms. The molecule has 3 rings (SSSR count). The Balaban J connectivity index is 1.62. The smallest absolute Gasteiger partial charge is 0.255 e. The van der Waals surface area contributed by atoms with E-state index in [2.05, 4.69) is 5.32 Å². The number of carbonyl (C=O) groups is 2. The maximum absolute atomic E-state index is 12.2. The number of hydrogen-bond acceptors (Lipinski definition) is 3. The molecule has 0 saturated carbocycles. The van der Waals surface area contributed by atoms with Crippen molar-refractivity contribution in [1.82, 2.24) is 0 Å². The first-order valence-electron chi connectivity index (χ1n) is 8.00. The Kier molecular flexibility index (Phi) is 5.66. The highest BCUT2D eigenvalue weighted by molar-refractivity contribution is 6.30. The largest absolute Gasteiger partial charge is 0.485 e. The van der Waals surface area contributed by atoms with Gasteiger partial charge in [-0.15, -0.1) is 0 Å². The summed E-state index contributed by atoms with van der Waals surface area (Å²) in [4.78, 5) is 24.3. The number of ether oxygens (including phenoxy) is 1. The maximum atomic E-state index is 12.2. The van der Waals surface area contributed by atoms with Gasteiger partial charge >= 0.3 is 0 Å². The Morgan fingerprint density at radius 1 is 0.846 bits per heavy atom. The number of Topliss-reactive ketones (excluding diaryl/α,β-unsaturated/α-hetero) is 1. The molecule has 4 nitrogen and oxygen atoms in total. The Hall–Kier alpha value is -3.11. The predicted octanol–water partition coefficient (Wildman–Crippen LogP) is 4.85. The number of anilines is 1. The van der Waals surface area contributed by atoms with E-state index in [1.807, 2.05) is 6.07 Å². The highest BCUT2D eigenvalue weighted by Gasteiger charge is 2.08. The van der Waals surface area contributed by atoms with Crippen molar-refractivity contribution in [1.29, 1.82) is 0 Å². The van der Waals surface area contributed by atoms with Crippen molar-refractivity contribution in [2.24, 2.45) is 0 Å². The van der Waals surface area contributed by atoms with Gasteiger partial charge in [0.05, 0.1) is 0 Å². The predicted molar refractivity (Wildman–Crippen MR) is 102 cm³/mol. The quantitative estimate of drug-likeness (QED) is 0.635. The van der Waals surface area contributed by atoms with Crippen LogP contribution in [0.4, 0.5) is 5.69 Å². The summed E-state index contributed by atoms with van der Waals surface area (Å²) in [6.07, 6.45) is 0. The third kappa shape index (κ3) is 4.71. The first kappa shape index (κ1) is 17.7. The second kappa shape index (κ2) is 8.32. The summed E-state index contributed by atoms with van der Waals surface area (Å²) < 4.78 is 5.55. The molecule has 0 fully saturated rings. The van der Waals surface area contributed by atoms with Gasteiger partial charge in [0.1, 0.15) is 5.75 Å². The van der Waals surface area contributed by atoms with Crippen LogP contribution in [0.5, 0.6) is 5.75 Å². The lowest BCUT2D eigenvalue weighted by Crippen LogP contribution is -2.13. The van der Waals surface area contributed by atoms with Crippen LogP contribution in [0.2, 0.25) is 5.02 Å². The average Bonchev–Trinajstić information content (AvgIpc) is 2.67. The van der Waals surface area contributed by atoms with Crippen LogP contribution in [-0.4, -0.2) is 18.3 Å². The Bertz CT molecular complexity index is 908. The van der Waals surface area contributed by atoms with Crippen LogP contribution in [0.15, 0.2) is 78.9 Å². The van der Waals surface area contributed by atoms with Gasteiger partial charge in [0.2, 0.25) is 0 Å². The highest BCUT2D eigenvalue weighted by atomic mass is 35.5. The van der Waals surface area contributed by atoms with Crippen molar-refractivity contribution in [2.45, 2.75) is 0 Å². The number of benzene rings is 3. The average molecular weight is 366 g/mol. The van der Waals surface area contributed by atoms with Gasteiger partial charge in [0, 0.05) is 27.9 Å². The molecule has 0 aromatic heterocycles. The lowest BCUT2D eigenvalue weighted by atomic mass is 10.1. The number of ketones is 1. The van der Waals surface area contributed by atoms with Crippen LogP contribution >= 0.6 is 11.6 Å². The van der Waals surface area contributed by atoms with Gasteiger partial charge in [-0.1, -0.05) is 48.0 Å². The second-order valence-corrected chi connectivity index (χ2v) is 6.00. The van der Waals surface area contributed by atoms with Gasteiger partial charge in [-0.2, -0.15) is 0 Å². The van der Waals surface area contributed by atoms with E-state index >= 15 is 0 Å². The van der Waals surface area contributed by atoms with Crippen molar-refractivity contribution < 1.29 is 14.3 Å². The van der Waals surface area contributed by atoms with Crippen LogP contribution in [0.1, 0.15) is 20.7 Å². The number of halogens is 1. The Morgan fingerprint density at radius 2 is 1.58 bits per heavy atom. The molecule has 1 amide bonds. The number of nitrogens with one attached hydrogen (secondary N) is 1. The molecule has 3 aromatic carbocycles. The molecular weight excluding hydrogens is 350 g/mol. The van der Waals surface area contributed by atoms with Crippen LogP contribution in [0.3, 0.4) is 0 Å². The van der Waals surface area contributed by atoms with Crippen LogP contribution in [0.25, 0.3) is 0 Å². The van der Waals surface area contributed by atoms with Crippen LogP contribution in [0, 0.1) is 0 Å². The molecule has 0 aliphatic heterocycles. The molecule has 0 atom stereocenters. The van der Waals surface area contributed by atoms with Gasteiger partial charge in [0.25, 0.3) is 5.91 Å². The number of carbonyl (C=O) groups excluding carboxylic acids is 2. The van der Waals surface area contributed by atoms with E-state index < -0.39 is 0 Å². The Labute approximate surface area is 156 Å². The summed E-state index contributed by atoms with van der Waals surface area (Å²) in [6.45, 7) is -0.0708. The van der Waals surface area contributed by atoms with Crippen molar-refractivity contribution in [3.63, 3.8) is 0 Å². The van der Waals surface area contributed by atoms with Crippen molar-refractivity contribution in [2.75, 3.05) is 11.9 Å². The van der Waals surface area contributed by atoms with Crippen molar-refractivity contribution in [3.8, 4) is 5.75 Å². The van der Waals surface area contributed by atoms with E-state index in [0.29, 0.717) is 27.6 Å². The molecule has 0 heterocycles. The second-order valence-electron chi connectivity index (χ2n) is 5.57. The molecule has 3 aromatic rings. The fraction of sp³-hybridized carbons (Fsp3) is 0.0476. The number of hydrogen-bond donors (Lipinski definition) is 1. The molecule has 0 unspecified atom stereocenters. The zero-order valence-electron chi connectivity index (χ0n) is 13.8. The van der Waals surface area contributed by atoms with E-state index in [9.17, 15) is 9.59 Å². The highest BCUT2D eigenvalue weighted by Crippen LogP contribution is 2.19.